The molecule has 10 aromatic rings. The lowest BCUT2D eigenvalue weighted by Gasteiger charge is -2.34. The molecule has 0 saturated heterocycles. The Labute approximate surface area is 314 Å². The van der Waals surface area contributed by atoms with Crippen molar-refractivity contribution < 1.29 is 0 Å². The average molecular weight is 712 g/mol. The molecule has 6 heteroatoms. The molecule has 1 atom stereocenters. The van der Waals surface area contributed by atoms with E-state index in [4.69, 9.17) is 0 Å². The van der Waals surface area contributed by atoms with E-state index in [0.29, 0.717) is 0 Å². The molecular formula is C47H30BN3S2. The maximum absolute atomic E-state index is 2.64. The fourth-order valence-electron chi connectivity index (χ4n) is 10.0. The summed E-state index contributed by atoms with van der Waals surface area (Å²) in [4.78, 5) is 2.50. The van der Waals surface area contributed by atoms with Crippen LogP contribution in [0.1, 0.15) is 12.0 Å². The first-order valence-electron chi connectivity index (χ1n) is 18.5. The minimum Gasteiger partial charge on any atom is -0.334 e. The molecule has 13 rings (SSSR count). The molecule has 3 aliphatic rings. The molecule has 3 nitrogen and oxygen atoms in total. The molecule has 1 unspecified atom stereocenters. The number of allylic oxidation sites excluding steroid dienone is 2. The van der Waals surface area contributed by atoms with Crippen LogP contribution < -0.4 is 21.3 Å². The number of anilines is 2. The van der Waals surface area contributed by atoms with E-state index in [0.717, 1.165) is 6.42 Å². The van der Waals surface area contributed by atoms with Crippen LogP contribution in [0.3, 0.4) is 0 Å². The van der Waals surface area contributed by atoms with Gasteiger partial charge in [-0.3, -0.25) is 0 Å². The summed E-state index contributed by atoms with van der Waals surface area (Å²) in [5.41, 5.74) is 16.0. The van der Waals surface area contributed by atoms with E-state index >= 15 is 0 Å². The number of nitrogens with zero attached hydrogens (tertiary/aromatic N) is 3. The van der Waals surface area contributed by atoms with Gasteiger partial charge >= 0.3 is 0 Å². The number of thiophene rings is 2. The summed E-state index contributed by atoms with van der Waals surface area (Å²) in [6, 6.07) is 46.3. The van der Waals surface area contributed by atoms with E-state index < -0.39 is 0 Å². The number of aryl methyl sites for hydroxylation is 1. The van der Waals surface area contributed by atoms with Crippen molar-refractivity contribution in [3.05, 3.63) is 151 Å². The zero-order chi connectivity index (χ0) is 34.5. The van der Waals surface area contributed by atoms with E-state index in [1.165, 1.54) is 107 Å². The number of rotatable bonds is 3. The summed E-state index contributed by atoms with van der Waals surface area (Å²) in [6.45, 7) is 2.45. The van der Waals surface area contributed by atoms with Crippen LogP contribution in [0, 0.1) is 6.92 Å². The van der Waals surface area contributed by atoms with Gasteiger partial charge in [0, 0.05) is 53.7 Å². The fourth-order valence-corrected chi connectivity index (χ4v) is 12.5. The molecule has 0 radical (unpaired) electrons. The van der Waals surface area contributed by atoms with Gasteiger partial charge in [0.1, 0.15) is 0 Å². The molecule has 0 fully saturated rings. The summed E-state index contributed by atoms with van der Waals surface area (Å²) < 4.78 is 10.7. The molecule has 6 heterocycles. The van der Waals surface area contributed by atoms with Crippen molar-refractivity contribution >= 4 is 120 Å². The highest BCUT2D eigenvalue weighted by Gasteiger charge is 2.41. The Morgan fingerprint density at radius 3 is 1.92 bits per heavy atom. The number of benzene rings is 6. The van der Waals surface area contributed by atoms with Crippen LogP contribution in [0.25, 0.3) is 73.8 Å². The zero-order valence-electron chi connectivity index (χ0n) is 28.9. The summed E-state index contributed by atoms with van der Waals surface area (Å²) in [5.74, 6) is 0. The van der Waals surface area contributed by atoms with Gasteiger partial charge in [-0.25, -0.2) is 0 Å². The average Bonchev–Trinajstić information content (AvgIpc) is 3.94. The SMILES string of the molecule is Cc1cc2c3c(c1)-n1c4c(cccc4c4sc5cc(N(c6ccccc6)C6C=CC=CC6)ccc5c41)B3c1cccc3c4sc5ccccc5c4n-2c13. The number of para-hydroxylation sites is 3. The molecule has 248 valence electrons. The second-order valence-corrected chi connectivity index (χ2v) is 17.0. The van der Waals surface area contributed by atoms with Crippen LogP contribution in [0.15, 0.2) is 146 Å². The molecule has 4 aromatic heterocycles. The first-order chi connectivity index (χ1) is 26.2. The van der Waals surface area contributed by atoms with Gasteiger partial charge in [0.2, 0.25) is 0 Å². The number of hydrogen-bond acceptors (Lipinski definition) is 3. The molecule has 2 aliphatic heterocycles. The van der Waals surface area contributed by atoms with Crippen molar-refractivity contribution in [1.82, 2.24) is 9.13 Å². The van der Waals surface area contributed by atoms with Gasteiger partial charge in [-0.15, -0.1) is 22.7 Å². The highest BCUT2D eigenvalue weighted by atomic mass is 32.1. The molecule has 1 aliphatic carbocycles. The predicted molar refractivity (Wildman–Crippen MR) is 231 cm³/mol. The number of hydrogen-bond donors (Lipinski definition) is 0. The fraction of sp³-hybridized carbons (Fsp3) is 0.0638. The molecule has 0 N–H and O–H groups in total. The lowest BCUT2D eigenvalue weighted by molar-refractivity contribution is 0.785. The Morgan fingerprint density at radius 2 is 1.23 bits per heavy atom. The Hall–Kier alpha value is -5.82. The van der Waals surface area contributed by atoms with Crippen LogP contribution in [0.4, 0.5) is 11.4 Å². The van der Waals surface area contributed by atoms with Crippen LogP contribution in [-0.4, -0.2) is 21.9 Å². The van der Waals surface area contributed by atoms with Gasteiger partial charge in [0.25, 0.3) is 6.71 Å². The maximum Gasteiger partial charge on any atom is 0.252 e. The van der Waals surface area contributed by atoms with Crippen LogP contribution >= 0.6 is 22.7 Å². The second-order valence-electron chi connectivity index (χ2n) is 14.9. The van der Waals surface area contributed by atoms with Crippen molar-refractivity contribution in [2.45, 2.75) is 19.4 Å². The highest BCUT2D eigenvalue weighted by Crippen LogP contribution is 2.47. The van der Waals surface area contributed by atoms with E-state index in [1.807, 2.05) is 22.7 Å². The highest BCUT2D eigenvalue weighted by molar-refractivity contribution is 7.27. The Kier molecular flexibility index (Phi) is 5.53. The van der Waals surface area contributed by atoms with Gasteiger partial charge in [0.15, 0.2) is 0 Å². The zero-order valence-corrected chi connectivity index (χ0v) is 30.5. The minimum absolute atomic E-state index is 0.169. The lowest BCUT2D eigenvalue weighted by atomic mass is 9.34. The Balaban J connectivity index is 1.11. The summed E-state index contributed by atoms with van der Waals surface area (Å²) in [7, 11) is 0. The van der Waals surface area contributed by atoms with Gasteiger partial charge in [-0.05, 0) is 83.8 Å². The molecule has 0 spiro atoms. The summed E-state index contributed by atoms with van der Waals surface area (Å²) >= 11 is 3.88. The Morgan fingerprint density at radius 1 is 0.585 bits per heavy atom. The Bertz CT molecular complexity index is 3300. The standard InChI is InChI=1S/C47H30BN3S2/c1-27-24-37-41-38(25-27)51-43-34(47-45(51)32-23-22-30(26-40(32)53-47)49(28-12-4-2-5-13-28)29-14-6-3-7-15-29)18-11-20-36(43)48(41)35-19-10-17-33-42(35)50(37)44-31-16-8-9-21-39(31)52-46(33)44/h2-14,16-26,29H,15H2,1H3. The van der Waals surface area contributed by atoms with Gasteiger partial charge in [-0.2, -0.15) is 0 Å². The van der Waals surface area contributed by atoms with Crippen LogP contribution in [-0.2, 0) is 0 Å². The molecular weight excluding hydrogens is 681 g/mol. The second kappa shape index (κ2) is 10.2. The molecule has 0 saturated carbocycles. The first-order valence-corrected chi connectivity index (χ1v) is 20.1. The lowest BCUT2D eigenvalue weighted by Crippen LogP contribution is -2.59. The summed E-state index contributed by atoms with van der Waals surface area (Å²) in [5, 5.41) is 5.39. The van der Waals surface area contributed by atoms with Crippen molar-refractivity contribution in [2.24, 2.45) is 0 Å². The predicted octanol–water partition coefficient (Wildman–Crippen LogP) is 10.8. The van der Waals surface area contributed by atoms with Crippen molar-refractivity contribution in [3.63, 3.8) is 0 Å². The van der Waals surface area contributed by atoms with Gasteiger partial charge in [0.05, 0.1) is 37.5 Å². The summed E-state index contributed by atoms with van der Waals surface area (Å²) in [6.07, 6.45) is 9.94. The normalized spacial score (nSPS) is 15.6. The van der Waals surface area contributed by atoms with Gasteiger partial charge in [-0.1, -0.05) is 97.1 Å². The maximum atomic E-state index is 2.64. The van der Waals surface area contributed by atoms with Crippen molar-refractivity contribution in [1.29, 1.82) is 0 Å². The third-order valence-electron chi connectivity index (χ3n) is 12.0. The first kappa shape index (κ1) is 28.7. The molecule has 6 aromatic carbocycles. The van der Waals surface area contributed by atoms with Crippen molar-refractivity contribution in [2.75, 3.05) is 4.90 Å². The minimum atomic E-state index is 0.169. The topological polar surface area (TPSA) is 13.1 Å². The third kappa shape index (κ3) is 3.60. The number of fused-ring (bicyclic) bond motifs is 14. The number of aromatic nitrogens is 2. The monoisotopic (exact) mass is 711 g/mol. The van der Waals surface area contributed by atoms with Crippen LogP contribution in [0.2, 0.25) is 0 Å². The van der Waals surface area contributed by atoms with E-state index in [2.05, 4.69) is 167 Å². The van der Waals surface area contributed by atoms with E-state index in [9.17, 15) is 0 Å². The third-order valence-corrected chi connectivity index (χ3v) is 14.4. The van der Waals surface area contributed by atoms with Crippen molar-refractivity contribution in [3.8, 4) is 11.4 Å². The van der Waals surface area contributed by atoms with E-state index in [1.54, 1.807) is 0 Å². The van der Waals surface area contributed by atoms with Gasteiger partial charge < -0.3 is 14.0 Å². The van der Waals surface area contributed by atoms with E-state index in [-0.39, 0.29) is 12.8 Å². The quantitative estimate of drug-likeness (QED) is 0.166. The smallest absolute Gasteiger partial charge is 0.252 e. The van der Waals surface area contributed by atoms with Crippen LogP contribution in [0.5, 0.6) is 0 Å². The molecule has 53 heavy (non-hydrogen) atoms. The molecule has 0 bridgehead atoms. The largest absolute Gasteiger partial charge is 0.334 e. The molecule has 0 amide bonds.